The topological polar surface area (TPSA) is 53.0 Å². The summed E-state index contributed by atoms with van der Waals surface area (Å²) in [5.74, 6) is 0.644. The summed E-state index contributed by atoms with van der Waals surface area (Å²) in [5, 5.41) is 17.3. The van der Waals surface area contributed by atoms with E-state index in [1.807, 2.05) is 19.1 Å². The summed E-state index contributed by atoms with van der Waals surface area (Å²) < 4.78 is 4.68. The third kappa shape index (κ3) is 8.08. The second-order valence-electron chi connectivity index (χ2n) is 3.86. The molecule has 2 unspecified atom stereocenters. The van der Waals surface area contributed by atoms with Crippen molar-refractivity contribution in [3.05, 3.63) is 60.7 Å². The molecule has 1 aliphatic rings. The number of halogens is 1. The van der Waals surface area contributed by atoms with E-state index in [0.717, 1.165) is 0 Å². The van der Waals surface area contributed by atoms with E-state index in [9.17, 15) is 0 Å². The first-order valence-corrected chi connectivity index (χ1v) is 6.31. The lowest BCUT2D eigenvalue weighted by molar-refractivity contribution is 0.411. The third-order valence-electron chi connectivity index (χ3n) is 2.15. The molecule has 2 aromatic rings. The molecule has 19 heavy (non-hydrogen) atoms. The number of hydrogen-bond donors (Lipinski definition) is 2. The summed E-state index contributed by atoms with van der Waals surface area (Å²) in [6.45, 7) is 1.94. The fraction of sp³-hybridized carbons (Fsp3) is 0.200. The Morgan fingerprint density at radius 1 is 0.842 bits per heavy atom. The Morgan fingerprint density at radius 3 is 1.21 bits per heavy atom. The van der Waals surface area contributed by atoms with Gasteiger partial charge in [-0.15, -0.1) is 0 Å². The minimum Gasteiger partial charge on any atom is -0.508 e. The molecular formula is C15H17ClO3. The van der Waals surface area contributed by atoms with E-state index >= 15 is 0 Å². The predicted molar refractivity (Wildman–Crippen MR) is 76.4 cm³/mol. The number of epoxide rings is 1. The van der Waals surface area contributed by atoms with Crippen molar-refractivity contribution in [3.8, 4) is 11.5 Å². The van der Waals surface area contributed by atoms with Crippen LogP contribution in [-0.4, -0.2) is 21.9 Å². The van der Waals surface area contributed by atoms with Gasteiger partial charge in [-0.05, 0) is 31.2 Å². The molecule has 3 rings (SSSR count). The number of phenols is 2. The number of phenolic OH excluding ortho intramolecular Hbond substituents is 2. The SMILES string of the molecule is CC1OC1Cl.Oc1ccccc1.Oc1ccccc1. The van der Waals surface area contributed by atoms with Crippen LogP contribution in [0.1, 0.15) is 6.92 Å². The molecule has 0 aromatic heterocycles. The van der Waals surface area contributed by atoms with Crippen molar-refractivity contribution >= 4 is 11.6 Å². The third-order valence-corrected chi connectivity index (χ3v) is 2.61. The Bertz CT molecular complexity index is 404. The van der Waals surface area contributed by atoms with Crippen molar-refractivity contribution in [1.29, 1.82) is 0 Å². The van der Waals surface area contributed by atoms with E-state index in [1.165, 1.54) is 0 Å². The molecule has 2 aromatic carbocycles. The maximum absolute atomic E-state index is 8.63. The molecule has 1 aliphatic heterocycles. The normalized spacial score (nSPS) is 19.3. The predicted octanol–water partition coefficient (Wildman–Crippen LogP) is 3.75. The number of aromatic hydroxyl groups is 2. The van der Waals surface area contributed by atoms with Gasteiger partial charge in [0.1, 0.15) is 11.5 Å². The lowest BCUT2D eigenvalue weighted by atomic mass is 10.3. The van der Waals surface area contributed by atoms with Gasteiger partial charge in [-0.2, -0.15) is 0 Å². The highest BCUT2D eigenvalue weighted by atomic mass is 35.5. The van der Waals surface area contributed by atoms with Crippen molar-refractivity contribution < 1.29 is 14.9 Å². The van der Waals surface area contributed by atoms with Crippen LogP contribution in [0, 0.1) is 0 Å². The Balaban J connectivity index is 0.000000145. The largest absolute Gasteiger partial charge is 0.508 e. The van der Waals surface area contributed by atoms with E-state index in [4.69, 9.17) is 21.8 Å². The molecule has 0 spiro atoms. The lowest BCUT2D eigenvalue weighted by Gasteiger charge is -1.82. The molecule has 1 heterocycles. The van der Waals surface area contributed by atoms with Gasteiger partial charge in [-0.25, -0.2) is 0 Å². The number of ether oxygens (including phenoxy) is 1. The van der Waals surface area contributed by atoms with Crippen LogP contribution in [0.4, 0.5) is 0 Å². The van der Waals surface area contributed by atoms with Gasteiger partial charge in [0, 0.05) is 0 Å². The summed E-state index contributed by atoms with van der Waals surface area (Å²) in [6.07, 6.45) is 0.316. The van der Waals surface area contributed by atoms with E-state index < -0.39 is 0 Å². The van der Waals surface area contributed by atoms with Crippen LogP contribution >= 0.6 is 11.6 Å². The molecule has 0 bridgehead atoms. The van der Waals surface area contributed by atoms with Crippen molar-refractivity contribution in [2.75, 3.05) is 0 Å². The van der Waals surface area contributed by atoms with E-state index in [2.05, 4.69) is 4.74 Å². The second-order valence-corrected chi connectivity index (χ2v) is 4.29. The van der Waals surface area contributed by atoms with Crippen molar-refractivity contribution in [2.45, 2.75) is 18.6 Å². The highest BCUT2D eigenvalue weighted by Gasteiger charge is 2.30. The van der Waals surface area contributed by atoms with Crippen LogP contribution in [0.5, 0.6) is 11.5 Å². The Hall–Kier alpha value is -1.71. The average molecular weight is 281 g/mol. The molecule has 0 radical (unpaired) electrons. The molecule has 1 fully saturated rings. The molecule has 3 nitrogen and oxygen atoms in total. The van der Waals surface area contributed by atoms with Gasteiger partial charge in [-0.1, -0.05) is 48.0 Å². The summed E-state index contributed by atoms with van der Waals surface area (Å²) in [7, 11) is 0. The van der Waals surface area contributed by atoms with Gasteiger partial charge in [-0.3, -0.25) is 0 Å². The van der Waals surface area contributed by atoms with E-state index in [1.54, 1.807) is 48.5 Å². The smallest absolute Gasteiger partial charge is 0.157 e. The molecule has 2 N–H and O–H groups in total. The van der Waals surface area contributed by atoms with Crippen LogP contribution in [0.15, 0.2) is 60.7 Å². The minimum atomic E-state index is 0.0231. The van der Waals surface area contributed by atoms with Crippen LogP contribution in [-0.2, 0) is 4.74 Å². The van der Waals surface area contributed by atoms with Gasteiger partial charge >= 0.3 is 0 Å². The van der Waals surface area contributed by atoms with E-state index in [0.29, 0.717) is 17.6 Å². The first-order valence-electron chi connectivity index (χ1n) is 5.87. The first kappa shape index (κ1) is 15.3. The average Bonchev–Trinajstić information content (AvgIpc) is 3.06. The number of benzene rings is 2. The molecular weight excluding hydrogens is 264 g/mol. The standard InChI is InChI=1S/2C6H6O.C3H5ClO/c2*7-6-4-2-1-3-5-6;1-2-3(4)5-2/h2*1-5,7H;2-3H,1H3. The summed E-state index contributed by atoms with van der Waals surface area (Å²) in [6, 6.07) is 17.4. The quantitative estimate of drug-likeness (QED) is 0.571. The second kappa shape index (κ2) is 8.40. The Morgan fingerprint density at radius 2 is 1.11 bits per heavy atom. The fourth-order valence-corrected chi connectivity index (χ4v) is 1.18. The monoisotopic (exact) mass is 280 g/mol. The highest BCUT2D eigenvalue weighted by Crippen LogP contribution is 2.23. The summed E-state index contributed by atoms with van der Waals surface area (Å²) >= 11 is 5.31. The van der Waals surface area contributed by atoms with E-state index in [-0.39, 0.29) is 5.56 Å². The summed E-state index contributed by atoms with van der Waals surface area (Å²) in [4.78, 5) is 0. The summed E-state index contributed by atoms with van der Waals surface area (Å²) in [5.41, 5.74) is 0.0231. The Labute approximate surface area is 118 Å². The number of alkyl halides is 1. The van der Waals surface area contributed by atoms with Gasteiger partial charge in [0.05, 0.1) is 6.10 Å². The first-order chi connectivity index (χ1) is 9.09. The maximum Gasteiger partial charge on any atom is 0.157 e. The van der Waals surface area contributed by atoms with Crippen molar-refractivity contribution in [1.82, 2.24) is 0 Å². The zero-order valence-corrected chi connectivity index (χ0v) is 11.4. The number of hydrogen-bond acceptors (Lipinski definition) is 3. The van der Waals surface area contributed by atoms with Gasteiger partial charge in [0.15, 0.2) is 5.56 Å². The lowest BCUT2D eigenvalue weighted by Crippen LogP contribution is -1.69. The van der Waals surface area contributed by atoms with Gasteiger partial charge < -0.3 is 14.9 Å². The Kier molecular flexibility index (Phi) is 6.79. The molecule has 4 heteroatoms. The van der Waals surface area contributed by atoms with Gasteiger partial charge in [0.25, 0.3) is 0 Å². The fourth-order valence-electron chi connectivity index (χ4n) is 1.02. The molecule has 102 valence electrons. The maximum atomic E-state index is 8.63. The van der Waals surface area contributed by atoms with Crippen LogP contribution < -0.4 is 0 Å². The zero-order valence-electron chi connectivity index (χ0n) is 10.6. The van der Waals surface area contributed by atoms with Crippen LogP contribution in [0.25, 0.3) is 0 Å². The van der Waals surface area contributed by atoms with Crippen LogP contribution in [0.2, 0.25) is 0 Å². The molecule has 0 saturated carbocycles. The van der Waals surface area contributed by atoms with Crippen LogP contribution in [0.3, 0.4) is 0 Å². The van der Waals surface area contributed by atoms with Crippen molar-refractivity contribution in [2.24, 2.45) is 0 Å². The number of para-hydroxylation sites is 2. The number of rotatable bonds is 0. The zero-order chi connectivity index (χ0) is 14.1. The van der Waals surface area contributed by atoms with Crippen molar-refractivity contribution in [3.63, 3.8) is 0 Å². The molecule has 2 atom stereocenters. The van der Waals surface area contributed by atoms with Gasteiger partial charge in [0.2, 0.25) is 0 Å². The minimum absolute atomic E-state index is 0.0231. The molecule has 0 aliphatic carbocycles. The highest BCUT2D eigenvalue weighted by molar-refractivity contribution is 6.21. The molecule has 1 saturated heterocycles. The molecule has 0 amide bonds.